The molecule has 0 unspecified atom stereocenters. The summed E-state index contributed by atoms with van der Waals surface area (Å²) < 4.78 is 11.7. The van der Waals surface area contributed by atoms with Crippen molar-refractivity contribution >= 4 is 44.1 Å². The number of carbonyl (C=O) groups excluding carboxylic acids is 2. The number of thiazole rings is 1. The van der Waals surface area contributed by atoms with Crippen LogP contribution in [0, 0.1) is 0 Å². The molecule has 1 saturated heterocycles. The summed E-state index contributed by atoms with van der Waals surface area (Å²) in [5.74, 6) is -0.397. The molecule has 176 valence electrons. The zero-order valence-electron chi connectivity index (χ0n) is 19.1. The molecule has 35 heavy (non-hydrogen) atoms. The standard InChI is InChI=1S/C27H22N2O5S/c1-3-34-19-13-14-20-21(15-19)35-27(28-20)29-23(16-9-11-18(33-2)12-10-16)22(25(31)26(29)32)24(30)17-7-5-4-6-8-17/h4-15,23,30H,3H2,1-2H3/t23-/m1/s1. The van der Waals surface area contributed by atoms with Crippen LogP contribution < -0.4 is 14.4 Å². The van der Waals surface area contributed by atoms with Gasteiger partial charge in [0.2, 0.25) is 0 Å². The van der Waals surface area contributed by atoms with Crippen molar-refractivity contribution in [2.45, 2.75) is 13.0 Å². The Kier molecular flexibility index (Phi) is 5.96. The highest BCUT2D eigenvalue weighted by molar-refractivity contribution is 7.22. The summed E-state index contributed by atoms with van der Waals surface area (Å²) >= 11 is 1.29. The van der Waals surface area contributed by atoms with Crippen molar-refractivity contribution in [3.05, 3.63) is 89.5 Å². The van der Waals surface area contributed by atoms with E-state index in [0.29, 0.717) is 39.9 Å². The van der Waals surface area contributed by atoms with Crippen LogP contribution >= 0.6 is 11.3 Å². The van der Waals surface area contributed by atoms with Crippen LogP contribution in [-0.4, -0.2) is 35.5 Å². The van der Waals surface area contributed by atoms with Crippen molar-refractivity contribution in [2.24, 2.45) is 0 Å². The number of fused-ring (bicyclic) bond motifs is 1. The average molecular weight is 487 g/mol. The summed E-state index contributed by atoms with van der Waals surface area (Å²) in [4.78, 5) is 32.7. The van der Waals surface area contributed by atoms with E-state index in [2.05, 4.69) is 4.98 Å². The lowest BCUT2D eigenvalue weighted by atomic mass is 9.95. The molecule has 0 bridgehead atoms. The van der Waals surface area contributed by atoms with Gasteiger partial charge in [0.05, 0.1) is 35.5 Å². The number of ether oxygens (including phenoxy) is 2. The zero-order chi connectivity index (χ0) is 24.5. The quantitative estimate of drug-likeness (QED) is 0.225. The minimum atomic E-state index is -0.854. The number of aliphatic hydroxyl groups is 1. The fourth-order valence-corrected chi connectivity index (χ4v) is 5.16. The van der Waals surface area contributed by atoms with Gasteiger partial charge in [-0.25, -0.2) is 4.98 Å². The van der Waals surface area contributed by atoms with Gasteiger partial charge in [-0.2, -0.15) is 0 Å². The van der Waals surface area contributed by atoms with E-state index in [-0.39, 0.29) is 11.3 Å². The van der Waals surface area contributed by atoms with E-state index >= 15 is 0 Å². The third kappa shape index (κ3) is 4.02. The number of hydrogen-bond acceptors (Lipinski definition) is 7. The lowest BCUT2D eigenvalue weighted by molar-refractivity contribution is -0.132. The second kappa shape index (κ2) is 9.23. The zero-order valence-corrected chi connectivity index (χ0v) is 19.9. The van der Waals surface area contributed by atoms with Crippen LogP contribution in [0.25, 0.3) is 16.0 Å². The molecule has 8 heteroatoms. The van der Waals surface area contributed by atoms with Crippen LogP contribution in [0.3, 0.4) is 0 Å². The maximum absolute atomic E-state index is 13.4. The van der Waals surface area contributed by atoms with Crippen LogP contribution in [-0.2, 0) is 9.59 Å². The van der Waals surface area contributed by atoms with Crippen molar-refractivity contribution in [3.8, 4) is 11.5 Å². The molecule has 2 heterocycles. The van der Waals surface area contributed by atoms with E-state index in [9.17, 15) is 14.7 Å². The van der Waals surface area contributed by atoms with E-state index in [1.54, 1.807) is 55.6 Å². The summed E-state index contributed by atoms with van der Waals surface area (Å²) in [7, 11) is 1.56. The number of rotatable bonds is 6. The Labute approximate surface area is 205 Å². The van der Waals surface area contributed by atoms with Crippen LogP contribution in [0.4, 0.5) is 5.13 Å². The van der Waals surface area contributed by atoms with Gasteiger partial charge >= 0.3 is 5.91 Å². The van der Waals surface area contributed by atoms with Gasteiger partial charge in [0, 0.05) is 5.56 Å². The highest BCUT2D eigenvalue weighted by Gasteiger charge is 2.48. The number of methoxy groups -OCH3 is 1. The number of amides is 1. The first kappa shape index (κ1) is 22.6. The first-order valence-electron chi connectivity index (χ1n) is 11.1. The molecule has 1 N–H and O–H groups in total. The van der Waals surface area contributed by atoms with E-state index in [1.165, 1.54) is 16.2 Å². The SMILES string of the molecule is CCOc1ccc2nc(N3C(=O)C(=O)C(=C(O)c4ccccc4)[C@H]3c3ccc(OC)cc3)sc2c1. The molecule has 0 saturated carbocycles. The van der Waals surface area contributed by atoms with Crippen LogP contribution in [0.15, 0.2) is 78.4 Å². The summed E-state index contributed by atoms with van der Waals surface area (Å²) in [6.07, 6.45) is 0. The third-order valence-electron chi connectivity index (χ3n) is 5.79. The summed E-state index contributed by atoms with van der Waals surface area (Å²) in [6.45, 7) is 2.44. The molecule has 1 amide bonds. The highest BCUT2D eigenvalue weighted by atomic mass is 32.1. The highest BCUT2D eigenvalue weighted by Crippen LogP contribution is 2.44. The molecule has 1 fully saturated rings. The van der Waals surface area contributed by atoms with Crippen molar-refractivity contribution in [2.75, 3.05) is 18.6 Å². The number of nitrogens with zero attached hydrogens (tertiary/aromatic N) is 2. The molecule has 5 rings (SSSR count). The molecule has 0 radical (unpaired) electrons. The van der Waals surface area contributed by atoms with Crippen molar-refractivity contribution < 1.29 is 24.2 Å². The summed E-state index contributed by atoms with van der Waals surface area (Å²) in [5, 5.41) is 11.5. The van der Waals surface area contributed by atoms with Crippen molar-refractivity contribution in [3.63, 3.8) is 0 Å². The summed E-state index contributed by atoms with van der Waals surface area (Å²) in [6, 6.07) is 20.4. The Morgan fingerprint density at radius 2 is 1.74 bits per heavy atom. The molecule has 7 nitrogen and oxygen atoms in total. The number of hydrogen-bond donors (Lipinski definition) is 1. The van der Waals surface area contributed by atoms with Gasteiger partial charge in [-0.1, -0.05) is 53.8 Å². The second-order valence-corrected chi connectivity index (χ2v) is 8.88. The number of benzene rings is 3. The number of carbonyl (C=O) groups is 2. The number of ketones is 1. The molecule has 1 aliphatic rings. The van der Waals surface area contributed by atoms with Gasteiger partial charge in [0.25, 0.3) is 5.78 Å². The first-order valence-corrected chi connectivity index (χ1v) is 11.9. The number of aromatic nitrogens is 1. The number of aliphatic hydroxyl groups excluding tert-OH is 1. The van der Waals surface area contributed by atoms with E-state index < -0.39 is 17.7 Å². The first-order chi connectivity index (χ1) is 17.0. The van der Waals surface area contributed by atoms with E-state index in [4.69, 9.17) is 9.47 Å². The molecule has 3 aromatic carbocycles. The lowest BCUT2D eigenvalue weighted by Gasteiger charge is -2.23. The molecular weight excluding hydrogens is 464 g/mol. The van der Waals surface area contributed by atoms with Crippen molar-refractivity contribution in [1.29, 1.82) is 0 Å². The van der Waals surface area contributed by atoms with Gasteiger partial charge in [-0.3, -0.25) is 14.5 Å². The largest absolute Gasteiger partial charge is 0.507 e. The van der Waals surface area contributed by atoms with Gasteiger partial charge in [0.1, 0.15) is 17.3 Å². The van der Waals surface area contributed by atoms with Crippen molar-refractivity contribution in [1.82, 2.24) is 4.98 Å². The Hall–Kier alpha value is -4.17. The molecule has 4 aromatic rings. The maximum atomic E-state index is 13.4. The second-order valence-electron chi connectivity index (χ2n) is 7.87. The smallest absolute Gasteiger partial charge is 0.301 e. The van der Waals surface area contributed by atoms with Gasteiger partial charge < -0.3 is 14.6 Å². The normalized spacial score (nSPS) is 17.2. The number of anilines is 1. The van der Waals surface area contributed by atoms with Gasteiger partial charge in [-0.15, -0.1) is 0 Å². The molecule has 1 atom stereocenters. The van der Waals surface area contributed by atoms with Gasteiger partial charge in [-0.05, 0) is 42.8 Å². The average Bonchev–Trinajstić information content (AvgIpc) is 3.42. The van der Waals surface area contributed by atoms with E-state index in [1.807, 2.05) is 31.2 Å². The van der Waals surface area contributed by atoms with Crippen LogP contribution in [0.5, 0.6) is 11.5 Å². The maximum Gasteiger partial charge on any atom is 0.301 e. The molecular formula is C27H22N2O5S. The third-order valence-corrected chi connectivity index (χ3v) is 6.81. The fraction of sp³-hybridized carbons (Fsp3) is 0.148. The number of Topliss-reactive ketones (excluding diaryl/α,β-unsaturated/α-hetero) is 1. The molecule has 0 aliphatic carbocycles. The summed E-state index contributed by atoms with van der Waals surface area (Å²) in [5.41, 5.74) is 1.80. The van der Waals surface area contributed by atoms with Gasteiger partial charge in [0.15, 0.2) is 5.13 Å². The Morgan fingerprint density at radius 1 is 1.03 bits per heavy atom. The predicted octanol–water partition coefficient (Wildman–Crippen LogP) is 5.33. The molecule has 0 spiro atoms. The van der Waals surface area contributed by atoms with E-state index in [0.717, 1.165) is 4.70 Å². The van der Waals surface area contributed by atoms with Crippen LogP contribution in [0.1, 0.15) is 24.1 Å². The topological polar surface area (TPSA) is 89.0 Å². The Bertz CT molecular complexity index is 1440. The fourth-order valence-electron chi connectivity index (χ4n) is 4.14. The monoisotopic (exact) mass is 486 g/mol. The Morgan fingerprint density at radius 3 is 2.43 bits per heavy atom. The Balaban J connectivity index is 1.69. The minimum Gasteiger partial charge on any atom is -0.507 e. The lowest BCUT2D eigenvalue weighted by Crippen LogP contribution is -2.29. The molecule has 1 aromatic heterocycles. The molecule has 1 aliphatic heterocycles. The predicted molar refractivity (Wildman–Crippen MR) is 135 cm³/mol. The minimum absolute atomic E-state index is 0.0145. The van der Waals surface area contributed by atoms with Crippen LogP contribution in [0.2, 0.25) is 0 Å².